The second kappa shape index (κ2) is 31.5. The predicted molar refractivity (Wildman–Crippen MR) is 321 cm³/mol. The highest BCUT2D eigenvalue weighted by atomic mass is 32.3. The van der Waals surface area contributed by atoms with Gasteiger partial charge in [-0.2, -0.15) is 8.42 Å². The Balaban J connectivity index is 1.17. The summed E-state index contributed by atoms with van der Waals surface area (Å²) < 4.78 is 42.7. The van der Waals surface area contributed by atoms with E-state index >= 15 is 0 Å². The molecule has 1 aromatic heterocycles. The first-order chi connectivity index (χ1) is 43.5. The summed E-state index contributed by atoms with van der Waals surface area (Å²) in [5.41, 5.74) is 5.64. The molecule has 3 aromatic rings. The number of nitrogens with one attached hydrogen (secondary N) is 5. The van der Waals surface area contributed by atoms with Gasteiger partial charge in [0.05, 0.1) is 43.0 Å². The van der Waals surface area contributed by atoms with Crippen LogP contribution >= 0.6 is 0 Å². The van der Waals surface area contributed by atoms with Crippen molar-refractivity contribution in [1.82, 2.24) is 41.4 Å². The number of primary amides is 1. The Morgan fingerprint density at radius 3 is 2.03 bits per heavy atom. The maximum atomic E-state index is 14.7. The highest BCUT2D eigenvalue weighted by Gasteiger charge is 2.51. The van der Waals surface area contributed by atoms with Gasteiger partial charge < -0.3 is 107 Å². The van der Waals surface area contributed by atoms with Crippen molar-refractivity contribution >= 4 is 69.2 Å². The first-order valence-corrected chi connectivity index (χ1v) is 31.4. The van der Waals surface area contributed by atoms with Crippen LogP contribution in [0.4, 0.5) is 11.5 Å². The summed E-state index contributed by atoms with van der Waals surface area (Å²) in [6.07, 6.45) is -13.3. The fourth-order valence-corrected chi connectivity index (χ4v) is 11.7. The molecule has 15 atom stereocenters. The number of phenolic OH excluding ortho intramolecular Hbond substituents is 1. The molecule has 0 saturated carbocycles. The summed E-state index contributed by atoms with van der Waals surface area (Å²) in [4.78, 5) is 123. The van der Waals surface area contributed by atoms with E-state index in [9.17, 15) is 97.3 Å². The number of benzene rings is 2. The number of pyridine rings is 1. The summed E-state index contributed by atoms with van der Waals surface area (Å²) in [5, 5.41) is 112. The zero-order valence-corrected chi connectivity index (χ0v) is 51.4. The van der Waals surface area contributed by atoms with Crippen LogP contribution in [0.15, 0.2) is 60.8 Å². The van der Waals surface area contributed by atoms with Gasteiger partial charge in [0, 0.05) is 69.9 Å². The number of anilines is 2. The highest BCUT2D eigenvalue weighted by molar-refractivity contribution is 7.81. The minimum atomic E-state index is -5.35. The lowest BCUT2D eigenvalue weighted by molar-refractivity contribution is -0.149. The monoisotopic (exact) mass is 1320 g/mol. The van der Waals surface area contributed by atoms with Gasteiger partial charge in [-0.25, -0.2) is 4.98 Å². The quantitative estimate of drug-likeness (QED) is 0.0373. The Morgan fingerprint density at radius 2 is 1.40 bits per heavy atom. The Labute approximate surface area is 528 Å². The van der Waals surface area contributed by atoms with Crippen LogP contribution in [-0.2, 0) is 44.0 Å². The summed E-state index contributed by atoms with van der Waals surface area (Å²) in [5.74, 6) is -12.6. The van der Waals surface area contributed by atoms with Crippen LogP contribution in [0.25, 0.3) is 0 Å². The molecule has 34 heteroatoms. The minimum Gasteiger partial charge on any atom is -0.504 e. The Morgan fingerprint density at radius 1 is 0.761 bits per heavy atom. The molecular weight excluding hydrogens is 1230 g/mol. The normalized spacial score (nSPS) is 27.0. The number of aromatic hydroxyl groups is 1. The van der Waals surface area contributed by atoms with E-state index in [4.69, 9.17) is 10.5 Å². The predicted octanol–water partition coefficient (Wildman–Crippen LogP) is -4.72. The standard InChI is InChI=1S/C58H81N11O22S/c1-4-5-6-7-8-21-90-35-13-11-33(12-14-35)66-17-19-67(20-18-66)43-16-10-32(26-60-43)51(79)61-36-24-40(74)54(82)65-56(84)47-48(76)29(2)27-69(47)58(86)45(39(73)25-42(59)75)63-55(83)46(50(78)49(77)31-9-15-38(72)41(22-31)91-92(87,88)89)64-53(81)37-23-34(71)28-68(37)57(85)44(30(3)70)62-52(36)80/h9-16,22,26,29-30,34,36-37,39-40,44-50,54,70-74,76-78,82H,4-8,17-21,23-25,27-28H2,1-3H3,(H2,59,75)(H,61,79)(H,62,80)(H,63,83)(H,64,81)(H,65,84)(H,87,88,89)/t29-,30+,34+,36-,37-,39+,40+,44?,45-,46-,47-,48-,49-,50-,54+/m0/s1. The van der Waals surface area contributed by atoms with Crippen LogP contribution in [0.5, 0.6) is 17.2 Å². The van der Waals surface area contributed by atoms with E-state index in [2.05, 4.69) is 36.9 Å². The number of carbonyl (C=O) groups is 8. The number of hydrogen-bond donors (Lipinski definition) is 16. The van der Waals surface area contributed by atoms with Gasteiger partial charge in [-0.3, -0.25) is 42.9 Å². The number of nitrogens with zero attached hydrogens (tertiary/aromatic N) is 5. The first-order valence-electron chi connectivity index (χ1n) is 30.0. The molecule has 1 unspecified atom stereocenters. The molecule has 92 heavy (non-hydrogen) atoms. The Kier molecular flexibility index (Phi) is 24.4. The average molecular weight is 1320 g/mol. The number of fused-ring (bicyclic) bond motifs is 2. The lowest BCUT2D eigenvalue weighted by Crippen LogP contribution is -2.64. The molecule has 506 valence electrons. The number of aliphatic hydroxyl groups is 8. The number of piperazine rings is 1. The number of aliphatic hydroxyl groups excluding tert-OH is 8. The molecule has 2 aromatic carbocycles. The van der Waals surface area contributed by atoms with E-state index in [1.807, 2.05) is 39.8 Å². The lowest BCUT2D eigenvalue weighted by Gasteiger charge is -2.36. The number of carbonyl (C=O) groups excluding carboxylic acids is 8. The zero-order chi connectivity index (χ0) is 67.5. The average Bonchev–Trinajstić information content (AvgIpc) is 1.58. The van der Waals surface area contributed by atoms with E-state index in [0.29, 0.717) is 54.5 Å². The topological polar surface area (TPSA) is 503 Å². The summed E-state index contributed by atoms with van der Waals surface area (Å²) in [7, 11) is -5.35. The SMILES string of the molecule is CCCCCCCOc1ccc(N2CCN(c3ccc(C(=O)N[C@H]4C[C@@H](O)[C@@H](O)NC(=O)[C@@H]5[C@@H](O)[C@@H](C)CN5C(=O)[C@H]([C@H](O)CC(N)=O)NC(=O)[C@H]([C@H](O)[C@@H](O)c5ccc(O)c(OS(=O)(=O)O)c5)NC(=O)[C@@H]5C[C@@H](O)CN5C(=O)C([C@@H](C)O)NC4=O)cn3)CC2)cc1. The van der Waals surface area contributed by atoms with E-state index < -0.39 is 198 Å². The Bertz CT molecular complexity index is 3220. The second-order valence-corrected chi connectivity index (χ2v) is 24.4. The van der Waals surface area contributed by atoms with Crippen molar-refractivity contribution in [1.29, 1.82) is 0 Å². The van der Waals surface area contributed by atoms with Crippen molar-refractivity contribution in [2.24, 2.45) is 11.7 Å². The van der Waals surface area contributed by atoms with Crippen LogP contribution in [0.1, 0.15) is 94.2 Å². The molecular formula is C58H81N11O22S. The molecule has 0 bridgehead atoms. The number of rotatable bonds is 20. The molecule has 0 aliphatic carbocycles. The van der Waals surface area contributed by atoms with Gasteiger partial charge in [0.25, 0.3) is 5.91 Å². The second-order valence-electron chi connectivity index (χ2n) is 23.3. The van der Waals surface area contributed by atoms with E-state index in [-0.39, 0.29) is 5.56 Å². The van der Waals surface area contributed by atoms with E-state index in [1.54, 1.807) is 6.07 Å². The van der Waals surface area contributed by atoms with Gasteiger partial charge >= 0.3 is 10.4 Å². The number of phenols is 1. The lowest BCUT2D eigenvalue weighted by atomic mass is 9.96. The number of hydrogen-bond acceptors (Lipinski definition) is 24. The molecule has 8 amide bonds. The summed E-state index contributed by atoms with van der Waals surface area (Å²) >= 11 is 0. The van der Waals surface area contributed by atoms with Gasteiger partial charge in [-0.15, -0.1) is 0 Å². The summed E-state index contributed by atoms with van der Waals surface area (Å²) in [6.45, 7) is 6.25. The maximum Gasteiger partial charge on any atom is 0.446 e. The molecule has 0 spiro atoms. The van der Waals surface area contributed by atoms with Gasteiger partial charge in [0.2, 0.25) is 41.4 Å². The van der Waals surface area contributed by atoms with Crippen LogP contribution in [0.3, 0.4) is 0 Å². The Hall–Kier alpha value is -8.06. The van der Waals surface area contributed by atoms with E-state index in [1.165, 1.54) is 32.0 Å². The molecule has 0 radical (unpaired) electrons. The van der Waals surface area contributed by atoms with Gasteiger partial charge in [0.1, 0.15) is 66.1 Å². The largest absolute Gasteiger partial charge is 0.504 e. The van der Waals surface area contributed by atoms with Crippen LogP contribution in [-0.4, -0.2) is 246 Å². The molecule has 17 N–H and O–H groups in total. The molecule has 4 saturated heterocycles. The van der Waals surface area contributed by atoms with Crippen molar-refractivity contribution in [3.05, 3.63) is 71.9 Å². The third kappa shape index (κ3) is 18.2. The van der Waals surface area contributed by atoms with Gasteiger partial charge in [0.15, 0.2) is 17.7 Å². The molecule has 5 heterocycles. The zero-order valence-electron chi connectivity index (χ0n) is 50.6. The fourth-order valence-electron chi connectivity index (χ4n) is 11.3. The molecule has 33 nitrogen and oxygen atoms in total. The third-order valence-corrected chi connectivity index (χ3v) is 16.8. The fraction of sp³-hybridized carbons (Fsp3) is 0.569. The van der Waals surface area contributed by atoms with E-state index in [0.717, 1.165) is 49.8 Å². The molecule has 4 aliphatic heterocycles. The van der Waals surface area contributed by atoms with Crippen molar-refractivity contribution in [3.63, 3.8) is 0 Å². The van der Waals surface area contributed by atoms with Gasteiger partial charge in [-0.1, -0.05) is 45.6 Å². The molecule has 7 rings (SSSR count). The van der Waals surface area contributed by atoms with Crippen molar-refractivity contribution in [3.8, 4) is 17.2 Å². The minimum absolute atomic E-state index is 0.131. The number of unbranched alkanes of at least 4 members (excludes halogenated alkanes) is 4. The number of ether oxygens (including phenoxy) is 1. The third-order valence-electron chi connectivity index (χ3n) is 16.4. The number of aromatic nitrogens is 1. The number of nitrogens with two attached hydrogens (primary N) is 1. The maximum absolute atomic E-state index is 14.7. The van der Waals surface area contributed by atoms with Crippen LogP contribution in [0.2, 0.25) is 0 Å². The van der Waals surface area contributed by atoms with Crippen LogP contribution < -0.4 is 51.0 Å². The van der Waals surface area contributed by atoms with Crippen molar-refractivity contribution in [2.45, 2.75) is 157 Å². The smallest absolute Gasteiger partial charge is 0.446 e. The van der Waals surface area contributed by atoms with Crippen LogP contribution in [0, 0.1) is 5.92 Å². The summed E-state index contributed by atoms with van der Waals surface area (Å²) in [6, 6.07) is -0.0896. The van der Waals surface area contributed by atoms with Crippen molar-refractivity contribution < 1.29 is 106 Å². The number of amides is 8. The molecule has 4 aliphatic rings. The first kappa shape index (κ1) is 71.4. The highest BCUT2D eigenvalue weighted by Crippen LogP contribution is 2.33. The van der Waals surface area contributed by atoms with Crippen molar-refractivity contribution in [2.75, 3.05) is 55.7 Å². The van der Waals surface area contributed by atoms with Gasteiger partial charge in [-0.05, 0) is 67.4 Å². The molecule has 4 fully saturated rings.